The second-order valence-electron chi connectivity index (χ2n) is 5.47. The summed E-state index contributed by atoms with van der Waals surface area (Å²) in [5.41, 5.74) is 0.501. The molecule has 0 aromatic carbocycles. The Morgan fingerprint density at radius 3 is 2.17 bits per heavy atom. The summed E-state index contributed by atoms with van der Waals surface area (Å²) >= 11 is 0. The van der Waals surface area contributed by atoms with Gasteiger partial charge in [-0.15, -0.1) is 0 Å². The Morgan fingerprint density at radius 1 is 1.17 bits per heavy atom. The van der Waals surface area contributed by atoms with Gasteiger partial charge in [-0.2, -0.15) is 0 Å². The molecule has 0 aliphatic carbocycles. The lowest BCUT2D eigenvalue weighted by molar-refractivity contribution is 0.0614. The fourth-order valence-corrected chi connectivity index (χ4v) is 2.49. The van der Waals surface area contributed by atoms with E-state index in [0.29, 0.717) is 5.41 Å². The zero-order valence-electron chi connectivity index (χ0n) is 8.35. The lowest BCUT2D eigenvalue weighted by Crippen LogP contribution is -2.72. The van der Waals surface area contributed by atoms with Gasteiger partial charge in [-0.3, -0.25) is 0 Å². The van der Waals surface area contributed by atoms with Crippen molar-refractivity contribution in [3.63, 3.8) is 0 Å². The molecule has 3 saturated heterocycles. The maximum absolute atomic E-state index is 3.59. The molecule has 2 nitrogen and oxygen atoms in total. The standard InChI is InChI=1S/C10H20N2/c1-10(2,3)4-7-8-5-11-6-9(7)12-8/h7-9,11-12H,4-6H2,1-3H3. The van der Waals surface area contributed by atoms with Crippen molar-refractivity contribution in [3.05, 3.63) is 0 Å². The fraction of sp³-hybridized carbons (Fsp3) is 1.00. The summed E-state index contributed by atoms with van der Waals surface area (Å²) in [6, 6.07) is 1.53. The Kier molecular flexibility index (Phi) is 1.92. The molecule has 3 fully saturated rings. The minimum Gasteiger partial charge on any atom is -0.314 e. The van der Waals surface area contributed by atoms with Crippen molar-refractivity contribution >= 4 is 0 Å². The van der Waals surface area contributed by atoms with Crippen molar-refractivity contribution < 1.29 is 0 Å². The van der Waals surface area contributed by atoms with E-state index >= 15 is 0 Å². The van der Waals surface area contributed by atoms with Crippen LogP contribution in [0.5, 0.6) is 0 Å². The Morgan fingerprint density at radius 2 is 1.75 bits per heavy atom. The Labute approximate surface area is 75.1 Å². The molecule has 2 unspecified atom stereocenters. The van der Waals surface area contributed by atoms with Crippen LogP contribution < -0.4 is 10.6 Å². The quantitative estimate of drug-likeness (QED) is 0.610. The molecule has 2 bridgehead atoms. The summed E-state index contributed by atoms with van der Waals surface area (Å²) in [6.45, 7) is 9.38. The molecule has 2 atom stereocenters. The average molecular weight is 168 g/mol. The van der Waals surface area contributed by atoms with Crippen molar-refractivity contribution in [1.29, 1.82) is 0 Å². The predicted molar refractivity (Wildman–Crippen MR) is 51.1 cm³/mol. The molecule has 2 heteroatoms. The number of piperidine rings is 1. The molecule has 0 radical (unpaired) electrons. The highest BCUT2D eigenvalue weighted by atomic mass is 15.2. The third kappa shape index (κ3) is 1.50. The second-order valence-corrected chi connectivity index (χ2v) is 5.47. The third-order valence-corrected chi connectivity index (χ3v) is 3.04. The smallest absolute Gasteiger partial charge is 0.0239 e. The van der Waals surface area contributed by atoms with Gasteiger partial charge in [0.2, 0.25) is 0 Å². The lowest BCUT2D eigenvalue weighted by atomic mass is 9.71. The predicted octanol–water partition coefficient (Wildman–Crippen LogP) is 0.982. The van der Waals surface area contributed by atoms with Gasteiger partial charge in [0, 0.05) is 25.2 Å². The first-order valence-corrected chi connectivity index (χ1v) is 5.03. The summed E-state index contributed by atoms with van der Waals surface area (Å²) in [4.78, 5) is 0. The van der Waals surface area contributed by atoms with Crippen LogP contribution in [0.4, 0.5) is 0 Å². The molecule has 3 heterocycles. The first kappa shape index (κ1) is 8.52. The minimum atomic E-state index is 0.501. The van der Waals surface area contributed by atoms with Crippen LogP contribution in [0.3, 0.4) is 0 Å². The van der Waals surface area contributed by atoms with Crippen LogP contribution in [-0.2, 0) is 0 Å². The van der Waals surface area contributed by atoms with Crippen molar-refractivity contribution in [2.24, 2.45) is 11.3 Å². The number of rotatable bonds is 1. The minimum absolute atomic E-state index is 0.501. The van der Waals surface area contributed by atoms with E-state index in [2.05, 4.69) is 31.4 Å². The number of hydrogen-bond donors (Lipinski definition) is 2. The first-order valence-electron chi connectivity index (χ1n) is 5.03. The van der Waals surface area contributed by atoms with Crippen molar-refractivity contribution in [3.8, 4) is 0 Å². The SMILES string of the molecule is CC(C)(C)CC1C2CNCC1N2. The van der Waals surface area contributed by atoms with Gasteiger partial charge in [0.1, 0.15) is 0 Å². The normalized spacial score (nSPS) is 40.8. The number of hydrogen-bond acceptors (Lipinski definition) is 2. The highest BCUT2D eigenvalue weighted by molar-refractivity contribution is 5.04. The Bertz CT molecular complexity index is 157. The topological polar surface area (TPSA) is 24.1 Å². The summed E-state index contributed by atoms with van der Waals surface area (Å²) in [5.74, 6) is 0.936. The number of nitrogens with one attached hydrogen (secondary N) is 2. The first-order chi connectivity index (χ1) is 5.56. The Hall–Kier alpha value is -0.0800. The van der Waals surface area contributed by atoms with Gasteiger partial charge in [0.15, 0.2) is 0 Å². The van der Waals surface area contributed by atoms with Crippen molar-refractivity contribution in [2.75, 3.05) is 13.1 Å². The molecule has 0 aromatic rings. The maximum Gasteiger partial charge on any atom is 0.0239 e. The van der Waals surface area contributed by atoms with Gasteiger partial charge in [-0.25, -0.2) is 0 Å². The summed E-state index contributed by atoms with van der Waals surface area (Å²) in [5, 5.41) is 7.03. The largest absolute Gasteiger partial charge is 0.314 e. The summed E-state index contributed by atoms with van der Waals surface area (Å²) in [7, 11) is 0. The van der Waals surface area contributed by atoms with Gasteiger partial charge in [-0.05, 0) is 17.8 Å². The monoisotopic (exact) mass is 168 g/mol. The molecule has 3 aliphatic heterocycles. The van der Waals surface area contributed by atoms with E-state index in [4.69, 9.17) is 0 Å². The molecule has 0 saturated carbocycles. The fourth-order valence-electron chi connectivity index (χ4n) is 2.49. The van der Waals surface area contributed by atoms with Crippen LogP contribution in [0, 0.1) is 11.3 Å². The highest BCUT2D eigenvalue weighted by Crippen LogP contribution is 2.34. The maximum atomic E-state index is 3.59. The van der Waals surface area contributed by atoms with Gasteiger partial charge < -0.3 is 10.6 Å². The molecule has 12 heavy (non-hydrogen) atoms. The molecule has 0 aromatic heterocycles. The number of fused-ring (bicyclic) bond motifs is 2. The molecule has 3 rings (SSSR count). The molecule has 0 amide bonds. The van der Waals surface area contributed by atoms with Gasteiger partial charge >= 0.3 is 0 Å². The molecule has 70 valence electrons. The van der Waals surface area contributed by atoms with E-state index in [1.165, 1.54) is 19.5 Å². The third-order valence-electron chi connectivity index (χ3n) is 3.04. The van der Waals surface area contributed by atoms with Gasteiger partial charge in [0.05, 0.1) is 0 Å². The van der Waals surface area contributed by atoms with Crippen LogP contribution in [0.1, 0.15) is 27.2 Å². The zero-order chi connectivity index (χ0) is 8.77. The zero-order valence-corrected chi connectivity index (χ0v) is 8.35. The molecular formula is C10H20N2. The van der Waals surface area contributed by atoms with E-state index < -0.39 is 0 Å². The van der Waals surface area contributed by atoms with Crippen molar-refractivity contribution in [1.82, 2.24) is 10.6 Å². The van der Waals surface area contributed by atoms with Crippen LogP contribution in [-0.4, -0.2) is 25.2 Å². The number of piperazine rings is 1. The molecular weight excluding hydrogens is 148 g/mol. The van der Waals surface area contributed by atoms with E-state index in [9.17, 15) is 0 Å². The van der Waals surface area contributed by atoms with E-state index in [1.807, 2.05) is 0 Å². The second kappa shape index (κ2) is 2.71. The molecule has 0 spiro atoms. The van der Waals surface area contributed by atoms with Crippen molar-refractivity contribution in [2.45, 2.75) is 39.3 Å². The van der Waals surface area contributed by atoms with Crippen LogP contribution in [0.2, 0.25) is 0 Å². The van der Waals surface area contributed by atoms with Gasteiger partial charge in [-0.1, -0.05) is 20.8 Å². The lowest BCUT2D eigenvalue weighted by Gasteiger charge is -2.52. The van der Waals surface area contributed by atoms with Gasteiger partial charge in [0.25, 0.3) is 0 Å². The van der Waals surface area contributed by atoms with E-state index in [0.717, 1.165) is 18.0 Å². The van der Waals surface area contributed by atoms with Crippen LogP contribution in [0.15, 0.2) is 0 Å². The Balaban J connectivity index is 1.90. The molecule has 3 aliphatic rings. The van der Waals surface area contributed by atoms with Crippen LogP contribution in [0.25, 0.3) is 0 Å². The summed E-state index contributed by atoms with van der Waals surface area (Å²) < 4.78 is 0. The highest BCUT2D eigenvalue weighted by Gasteiger charge is 2.44. The van der Waals surface area contributed by atoms with E-state index in [1.54, 1.807) is 0 Å². The average Bonchev–Trinajstić information content (AvgIpc) is 2.00. The van der Waals surface area contributed by atoms with Crippen LogP contribution >= 0.6 is 0 Å². The molecule has 2 N–H and O–H groups in total. The summed E-state index contributed by atoms with van der Waals surface area (Å²) in [6.07, 6.45) is 1.37. The van der Waals surface area contributed by atoms with E-state index in [-0.39, 0.29) is 0 Å².